The standard InChI is InChI=1S/C17H20N2O2/c1-3-12-6-5-7-14(10-12)21-16-9-8-13(11-15(16)18)17(20)19-4-2/h5-11H,3-4,18H2,1-2H3,(H,19,20). The second-order valence-corrected chi connectivity index (χ2v) is 4.72. The van der Waals surface area contributed by atoms with Gasteiger partial charge in [0, 0.05) is 12.1 Å². The van der Waals surface area contributed by atoms with Crippen molar-refractivity contribution < 1.29 is 9.53 Å². The lowest BCUT2D eigenvalue weighted by atomic mass is 10.1. The Bertz CT molecular complexity index is 638. The van der Waals surface area contributed by atoms with E-state index in [0.29, 0.717) is 23.5 Å². The molecule has 3 N–H and O–H groups in total. The number of anilines is 1. The van der Waals surface area contributed by atoms with E-state index in [0.717, 1.165) is 12.2 Å². The van der Waals surface area contributed by atoms with E-state index in [1.165, 1.54) is 5.56 Å². The first-order valence-electron chi connectivity index (χ1n) is 7.08. The molecule has 0 aliphatic rings. The number of amides is 1. The van der Waals surface area contributed by atoms with E-state index < -0.39 is 0 Å². The molecular weight excluding hydrogens is 264 g/mol. The highest BCUT2D eigenvalue weighted by Crippen LogP contribution is 2.28. The topological polar surface area (TPSA) is 64.3 Å². The van der Waals surface area contributed by atoms with Gasteiger partial charge in [-0.05, 0) is 49.2 Å². The first kappa shape index (κ1) is 14.9. The van der Waals surface area contributed by atoms with Gasteiger partial charge in [0.05, 0.1) is 5.69 Å². The Labute approximate surface area is 124 Å². The second-order valence-electron chi connectivity index (χ2n) is 4.72. The summed E-state index contributed by atoms with van der Waals surface area (Å²) < 4.78 is 5.79. The molecule has 0 heterocycles. The quantitative estimate of drug-likeness (QED) is 0.827. The molecule has 4 nitrogen and oxygen atoms in total. The van der Waals surface area contributed by atoms with Gasteiger partial charge in [-0.15, -0.1) is 0 Å². The third kappa shape index (κ3) is 3.75. The number of benzene rings is 2. The van der Waals surface area contributed by atoms with Crippen LogP contribution >= 0.6 is 0 Å². The van der Waals surface area contributed by atoms with Crippen LogP contribution in [0.5, 0.6) is 11.5 Å². The van der Waals surface area contributed by atoms with Crippen molar-refractivity contribution in [3.8, 4) is 11.5 Å². The SMILES string of the molecule is CCNC(=O)c1ccc(Oc2cccc(CC)c2)c(N)c1. The number of nitrogens with two attached hydrogens (primary N) is 1. The molecule has 0 fully saturated rings. The number of hydrogen-bond donors (Lipinski definition) is 2. The summed E-state index contributed by atoms with van der Waals surface area (Å²) in [7, 11) is 0. The maximum absolute atomic E-state index is 11.7. The molecule has 2 aromatic carbocycles. The zero-order chi connectivity index (χ0) is 15.2. The molecule has 2 rings (SSSR count). The molecule has 1 amide bonds. The van der Waals surface area contributed by atoms with Crippen LogP contribution in [0.4, 0.5) is 5.69 Å². The molecule has 0 saturated carbocycles. The van der Waals surface area contributed by atoms with Gasteiger partial charge in [0.1, 0.15) is 11.5 Å². The molecule has 0 saturated heterocycles. The van der Waals surface area contributed by atoms with Crippen LogP contribution in [-0.2, 0) is 6.42 Å². The van der Waals surface area contributed by atoms with Crippen molar-refractivity contribution >= 4 is 11.6 Å². The van der Waals surface area contributed by atoms with E-state index in [2.05, 4.69) is 18.3 Å². The Morgan fingerprint density at radius 1 is 1.19 bits per heavy atom. The van der Waals surface area contributed by atoms with Gasteiger partial charge >= 0.3 is 0 Å². The van der Waals surface area contributed by atoms with Crippen LogP contribution in [0.25, 0.3) is 0 Å². The predicted octanol–water partition coefficient (Wildman–Crippen LogP) is 3.37. The van der Waals surface area contributed by atoms with Crippen molar-refractivity contribution in [3.63, 3.8) is 0 Å². The maximum Gasteiger partial charge on any atom is 0.251 e. The number of aryl methyl sites for hydroxylation is 1. The molecule has 0 aliphatic carbocycles. The second kappa shape index (κ2) is 6.79. The number of carbonyl (C=O) groups excluding carboxylic acids is 1. The number of carbonyl (C=O) groups is 1. The molecule has 0 spiro atoms. The molecule has 0 atom stereocenters. The Balaban J connectivity index is 2.19. The molecule has 110 valence electrons. The molecule has 0 radical (unpaired) electrons. The van der Waals surface area contributed by atoms with E-state index in [1.807, 2.05) is 25.1 Å². The fraction of sp³-hybridized carbons (Fsp3) is 0.235. The Morgan fingerprint density at radius 3 is 2.67 bits per heavy atom. The van der Waals surface area contributed by atoms with Gasteiger partial charge in [-0.25, -0.2) is 0 Å². The number of nitrogens with one attached hydrogen (secondary N) is 1. The van der Waals surface area contributed by atoms with E-state index in [4.69, 9.17) is 10.5 Å². The van der Waals surface area contributed by atoms with Crippen LogP contribution in [-0.4, -0.2) is 12.5 Å². The lowest BCUT2D eigenvalue weighted by Crippen LogP contribution is -2.22. The van der Waals surface area contributed by atoms with Gasteiger partial charge in [-0.1, -0.05) is 19.1 Å². The Morgan fingerprint density at radius 2 is 2.00 bits per heavy atom. The van der Waals surface area contributed by atoms with E-state index >= 15 is 0 Å². The highest BCUT2D eigenvalue weighted by Gasteiger charge is 2.08. The fourth-order valence-corrected chi connectivity index (χ4v) is 2.00. The summed E-state index contributed by atoms with van der Waals surface area (Å²) in [4.78, 5) is 11.7. The van der Waals surface area contributed by atoms with Crippen LogP contribution in [0.2, 0.25) is 0 Å². The Hall–Kier alpha value is -2.49. The van der Waals surface area contributed by atoms with Crippen molar-refractivity contribution in [2.45, 2.75) is 20.3 Å². The summed E-state index contributed by atoms with van der Waals surface area (Å²) >= 11 is 0. The summed E-state index contributed by atoms with van der Waals surface area (Å²) in [5.74, 6) is 1.16. The normalized spacial score (nSPS) is 10.2. The van der Waals surface area contributed by atoms with E-state index in [1.54, 1.807) is 18.2 Å². The summed E-state index contributed by atoms with van der Waals surface area (Å²) in [6.45, 7) is 4.55. The molecule has 0 unspecified atom stereocenters. The van der Waals surface area contributed by atoms with Crippen LogP contribution in [0.1, 0.15) is 29.8 Å². The molecule has 0 aromatic heterocycles. The van der Waals surface area contributed by atoms with Gasteiger partial charge in [0.2, 0.25) is 0 Å². The maximum atomic E-state index is 11.7. The summed E-state index contributed by atoms with van der Waals surface area (Å²) in [6, 6.07) is 12.9. The first-order valence-corrected chi connectivity index (χ1v) is 7.08. The molecule has 0 bridgehead atoms. The average molecular weight is 284 g/mol. The van der Waals surface area contributed by atoms with E-state index in [9.17, 15) is 4.79 Å². The molecule has 0 aliphatic heterocycles. The van der Waals surface area contributed by atoms with Crippen molar-refractivity contribution in [1.82, 2.24) is 5.32 Å². The largest absolute Gasteiger partial charge is 0.455 e. The minimum absolute atomic E-state index is 0.135. The number of hydrogen-bond acceptors (Lipinski definition) is 3. The fourth-order valence-electron chi connectivity index (χ4n) is 2.00. The minimum atomic E-state index is -0.135. The number of nitrogen functional groups attached to an aromatic ring is 1. The van der Waals surface area contributed by atoms with E-state index in [-0.39, 0.29) is 5.91 Å². The van der Waals surface area contributed by atoms with Crippen LogP contribution in [0.3, 0.4) is 0 Å². The summed E-state index contributed by atoms with van der Waals surface area (Å²) in [5, 5.41) is 2.74. The number of rotatable bonds is 5. The van der Waals surface area contributed by atoms with Crippen LogP contribution in [0, 0.1) is 0 Å². The predicted molar refractivity (Wildman–Crippen MR) is 84.8 cm³/mol. The van der Waals surface area contributed by atoms with Crippen LogP contribution in [0.15, 0.2) is 42.5 Å². The number of ether oxygens (including phenoxy) is 1. The minimum Gasteiger partial charge on any atom is -0.455 e. The zero-order valence-corrected chi connectivity index (χ0v) is 12.3. The third-order valence-electron chi connectivity index (χ3n) is 3.14. The van der Waals surface area contributed by atoms with Crippen LogP contribution < -0.4 is 15.8 Å². The average Bonchev–Trinajstić information content (AvgIpc) is 2.49. The first-order chi connectivity index (χ1) is 10.1. The highest BCUT2D eigenvalue weighted by atomic mass is 16.5. The van der Waals surface area contributed by atoms with Crippen molar-refractivity contribution in [2.75, 3.05) is 12.3 Å². The van der Waals surface area contributed by atoms with Crippen molar-refractivity contribution in [3.05, 3.63) is 53.6 Å². The van der Waals surface area contributed by atoms with Crippen molar-refractivity contribution in [2.24, 2.45) is 0 Å². The monoisotopic (exact) mass is 284 g/mol. The third-order valence-corrected chi connectivity index (χ3v) is 3.14. The lowest BCUT2D eigenvalue weighted by molar-refractivity contribution is 0.0956. The summed E-state index contributed by atoms with van der Waals surface area (Å²) in [5.41, 5.74) is 8.14. The van der Waals surface area contributed by atoms with Gasteiger partial charge in [-0.2, -0.15) is 0 Å². The Kier molecular flexibility index (Phi) is 4.82. The van der Waals surface area contributed by atoms with Gasteiger partial charge in [0.15, 0.2) is 0 Å². The smallest absolute Gasteiger partial charge is 0.251 e. The molecule has 2 aromatic rings. The summed E-state index contributed by atoms with van der Waals surface area (Å²) in [6.07, 6.45) is 0.947. The zero-order valence-electron chi connectivity index (χ0n) is 12.3. The highest BCUT2D eigenvalue weighted by molar-refractivity contribution is 5.95. The molecule has 21 heavy (non-hydrogen) atoms. The van der Waals surface area contributed by atoms with Gasteiger partial charge in [0.25, 0.3) is 5.91 Å². The molecule has 4 heteroatoms. The molecular formula is C17H20N2O2. The van der Waals surface area contributed by atoms with Gasteiger partial charge in [-0.3, -0.25) is 4.79 Å². The van der Waals surface area contributed by atoms with Crippen molar-refractivity contribution in [1.29, 1.82) is 0 Å². The van der Waals surface area contributed by atoms with Gasteiger partial charge < -0.3 is 15.8 Å². The lowest BCUT2D eigenvalue weighted by Gasteiger charge is -2.11.